The van der Waals surface area contributed by atoms with E-state index in [9.17, 15) is 14.0 Å². The summed E-state index contributed by atoms with van der Waals surface area (Å²) in [6, 6.07) is 20.7. The van der Waals surface area contributed by atoms with Crippen LogP contribution in [0.15, 0.2) is 79.0 Å². The van der Waals surface area contributed by atoms with E-state index in [-0.39, 0.29) is 17.6 Å². The lowest BCUT2D eigenvalue weighted by Gasteiger charge is -2.27. The number of thiazole rings is 1. The summed E-state index contributed by atoms with van der Waals surface area (Å²) in [5.74, 6) is -0.935. The summed E-state index contributed by atoms with van der Waals surface area (Å²) in [6.07, 6.45) is 1.78. The van der Waals surface area contributed by atoms with Crippen molar-refractivity contribution >= 4 is 39.7 Å². The number of rotatable bonds is 6. The third-order valence-corrected chi connectivity index (χ3v) is 7.65. The Kier molecular flexibility index (Phi) is 6.77. The fourth-order valence-electron chi connectivity index (χ4n) is 4.25. The first-order chi connectivity index (χ1) is 18.2. The number of halogens is 2. The minimum Gasteiger partial charge on any atom is -0.354 e. The van der Waals surface area contributed by atoms with Gasteiger partial charge in [-0.05, 0) is 61.9 Å². The van der Waals surface area contributed by atoms with Gasteiger partial charge in [0.25, 0.3) is 11.8 Å². The number of carbonyl (C=O) groups is 2. The molecule has 3 aromatic carbocycles. The Morgan fingerprint density at radius 3 is 2.39 bits per heavy atom. The topological polar surface area (TPSA) is 75.5 Å². The van der Waals surface area contributed by atoms with E-state index in [4.69, 9.17) is 11.6 Å². The summed E-state index contributed by atoms with van der Waals surface area (Å²) in [6.45, 7) is 3.90. The number of nitrogens with one attached hydrogen (secondary N) is 2. The van der Waals surface area contributed by atoms with Gasteiger partial charge in [0.2, 0.25) is 0 Å². The summed E-state index contributed by atoms with van der Waals surface area (Å²) in [5.41, 5.74) is 2.91. The number of fused-ring (bicyclic) bond motifs is 1. The van der Waals surface area contributed by atoms with Gasteiger partial charge in [0.05, 0.1) is 10.4 Å². The van der Waals surface area contributed by atoms with E-state index in [2.05, 4.69) is 15.6 Å². The van der Waals surface area contributed by atoms with Crippen molar-refractivity contribution in [3.63, 3.8) is 0 Å². The van der Waals surface area contributed by atoms with Crippen LogP contribution in [-0.2, 0) is 5.54 Å². The van der Waals surface area contributed by atoms with Crippen LogP contribution >= 0.6 is 22.9 Å². The van der Waals surface area contributed by atoms with Gasteiger partial charge < -0.3 is 10.6 Å². The monoisotopic (exact) mass is 546 g/mol. The lowest BCUT2D eigenvalue weighted by Crippen LogP contribution is -2.40. The maximum atomic E-state index is 13.5. The van der Waals surface area contributed by atoms with E-state index >= 15 is 0 Å². The van der Waals surface area contributed by atoms with E-state index in [1.54, 1.807) is 48.0 Å². The molecule has 38 heavy (non-hydrogen) atoms. The van der Waals surface area contributed by atoms with Gasteiger partial charge in [0.15, 0.2) is 4.96 Å². The Bertz CT molecular complexity index is 1660. The minimum atomic E-state index is -0.582. The molecule has 0 radical (unpaired) electrons. The van der Waals surface area contributed by atoms with Gasteiger partial charge >= 0.3 is 0 Å². The molecule has 2 N–H and O–H groups in total. The van der Waals surface area contributed by atoms with Crippen molar-refractivity contribution in [3.05, 3.63) is 107 Å². The number of benzene rings is 3. The largest absolute Gasteiger partial charge is 0.354 e. The van der Waals surface area contributed by atoms with E-state index < -0.39 is 5.54 Å². The van der Waals surface area contributed by atoms with Crippen LogP contribution in [0.25, 0.3) is 26.7 Å². The van der Waals surface area contributed by atoms with Gasteiger partial charge in [0.1, 0.15) is 17.2 Å². The van der Waals surface area contributed by atoms with Crippen molar-refractivity contribution in [2.45, 2.75) is 19.4 Å². The normalized spacial score (nSPS) is 11.5. The Balaban J connectivity index is 1.52. The molecule has 5 rings (SSSR count). The summed E-state index contributed by atoms with van der Waals surface area (Å²) in [4.78, 5) is 32.0. The zero-order valence-electron chi connectivity index (χ0n) is 20.9. The molecule has 2 aromatic heterocycles. The number of aromatic nitrogens is 2. The zero-order valence-corrected chi connectivity index (χ0v) is 22.5. The molecule has 0 bridgehead atoms. The highest BCUT2D eigenvalue weighted by atomic mass is 35.5. The van der Waals surface area contributed by atoms with E-state index in [1.165, 1.54) is 23.5 Å². The molecule has 6 nitrogen and oxygen atoms in total. The third-order valence-electron chi connectivity index (χ3n) is 6.30. The molecule has 0 fully saturated rings. The molecule has 0 saturated carbocycles. The summed E-state index contributed by atoms with van der Waals surface area (Å²) < 4.78 is 15.2. The minimum absolute atomic E-state index is 0.234. The summed E-state index contributed by atoms with van der Waals surface area (Å²) in [7, 11) is 1.54. The molecular weight excluding hydrogens is 523 g/mol. The lowest BCUT2D eigenvalue weighted by atomic mass is 9.94. The number of carbonyl (C=O) groups excluding carboxylic acids is 2. The van der Waals surface area contributed by atoms with Gasteiger partial charge in [-0.3, -0.25) is 14.0 Å². The summed E-state index contributed by atoms with van der Waals surface area (Å²) in [5, 5.41) is 6.21. The van der Waals surface area contributed by atoms with Crippen molar-refractivity contribution in [2.75, 3.05) is 7.05 Å². The number of amides is 2. The molecule has 0 saturated heterocycles. The SMILES string of the molecule is CNC(=O)c1c(-c2ccc(F)cc2)nc2sc(-c3cc(C(=O)NC(C)(C)c4ccccc4)ccc3Cl)cn12. The Morgan fingerprint density at radius 2 is 1.71 bits per heavy atom. The van der Waals surface area contributed by atoms with Crippen LogP contribution in [-0.4, -0.2) is 28.2 Å². The predicted molar refractivity (Wildman–Crippen MR) is 149 cm³/mol. The zero-order chi connectivity index (χ0) is 27.0. The molecule has 2 amide bonds. The smallest absolute Gasteiger partial charge is 0.270 e. The quantitative estimate of drug-likeness (QED) is 0.254. The third kappa shape index (κ3) is 4.80. The van der Waals surface area contributed by atoms with Crippen LogP contribution in [0.2, 0.25) is 5.02 Å². The molecule has 0 aliphatic rings. The van der Waals surface area contributed by atoms with Crippen molar-refractivity contribution in [2.24, 2.45) is 0 Å². The first-order valence-electron chi connectivity index (χ1n) is 11.9. The van der Waals surface area contributed by atoms with E-state index in [1.807, 2.05) is 44.2 Å². The van der Waals surface area contributed by atoms with Crippen LogP contribution < -0.4 is 10.6 Å². The lowest BCUT2D eigenvalue weighted by molar-refractivity contribution is 0.0910. The number of hydrogen-bond donors (Lipinski definition) is 2. The highest BCUT2D eigenvalue weighted by Crippen LogP contribution is 2.37. The number of hydrogen-bond acceptors (Lipinski definition) is 4. The van der Waals surface area contributed by atoms with E-state index in [0.717, 1.165) is 10.4 Å². The highest BCUT2D eigenvalue weighted by molar-refractivity contribution is 7.20. The van der Waals surface area contributed by atoms with Crippen LogP contribution in [0.1, 0.15) is 40.3 Å². The molecule has 2 heterocycles. The number of imidazole rings is 1. The van der Waals surface area contributed by atoms with Gasteiger partial charge in [-0.25, -0.2) is 9.37 Å². The first kappa shape index (κ1) is 25.6. The first-order valence-corrected chi connectivity index (χ1v) is 13.1. The van der Waals surface area contributed by atoms with Crippen LogP contribution in [0.5, 0.6) is 0 Å². The van der Waals surface area contributed by atoms with Crippen molar-refractivity contribution < 1.29 is 14.0 Å². The van der Waals surface area contributed by atoms with Crippen LogP contribution in [0.4, 0.5) is 4.39 Å². The Labute approximate surface area is 228 Å². The van der Waals surface area contributed by atoms with Gasteiger partial charge in [-0.15, -0.1) is 0 Å². The maximum absolute atomic E-state index is 13.5. The van der Waals surface area contributed by atoms with Crippen LogP contribution in [0, 0.1) is 5.82 Å². The second-order valence-corrected chi connectivity index (χ2v) is 10.7. The number of nitrogens with zero attached hydrogens (tertiary/aromatic N) is 2. The van der Waals surface area contributed by atoms with E-state index in [0.29, 0.717) is 38.1 Å². The Morgan fingerprint density at radius 1 is 1.00 bits per heavy atom. The Hall–Kier alpha value is -4.01. The average Bonchev–Trinajstić information content (AvgIpc) is 3.47. The fourth-order valence-corrected chi connectivity index (χ4v) is 5.54. The van der Waals surface area contributed by atoms with Crippen molar-refractivity contribution in [1.29, 1.82) is 0 Å². The van der Waals surface area contributed by atoms with Crippen LogP contribution in [0.3, 0.4) is 0 Å². The molecule has 0 aliphatic heterocycles. The second kappa shape index (κ2) is 10.0. The maximum Gasteiger partial charge on any atom is 0.270 e. The molecule has 192 valence electrons. The average molecular weight is 547 g/mol. The second-order valence-electron chi connectivity index (χ2n) is 9.28. The molecule has 0 spiro atoms. The summed E-state index contributed by atoms with van der Waals surface area (Å²) >= 11 is 7.90. The van der Waals surface area contributed by atoms with Gasteiger partial charge in [-0.2, -0.15) is 0 Å². The molecule has 5 aromatic rings. The van der Waals surface area contributed by atoms with Crippen molar-refractivity contribution in [1.82, 2.24) is 20.0 Å². The molecular formula is C29H24ClFN4O2S. The van der Waals surface area contributed by atoms with Gasteiger partial charge in [-0.1, -0.05) is 53.3 Å². The molecule has 9 heteroatoms. The molecule has 0 aliphatic carbocycles. The predicted octanol–water partition coefficient (Wildman–Crippen LogP) is 6.55. The van der Waals surface area contributed by atoms with Gasteiger partial charge in [0, 0.05) is 35.0 Å². The molecule has 0 unspecified atom stereocenters. The standard InChI is InChI=1S/C29H24ClFN4O2S/c1-29(2,19-7-5-4-6-8-19)34-26(36)18-11-14-22(30)21(15-18)23-16-35-25(27(37)32-3)24(33-28(35)38-23)17-9-12-20(31)13-10-17/h4-16H,1-3H3,(H,32,37)(H,34,36). The highest BCUT2D eigenvalue weighted by Gasteiger charge is 2.25. The van der Waals surface area contributed by atoms with Crippen molar-refractivity contribution in [3.8, 4) is 21.7 Å². The molecule has 0 atom stereocenters. The fraction of sp³-hybridized carbons (Fsp3) is 0.138.